The lowest BCUT2D eigenvalue weighted by molar-refractivity contribution is 0.356. The van der Waals surface area contributed by atoms with Gasteiger partial charge in [-0.05, 0) is 25.7 Å². The fourth-order valence-corrected chi connectivity index (χ4v) is 2.57. The monoisotopic (exact) mass is 235 g/mol. The number of nitrogens with one attached hydrogen (secondary N) is 1. The highest BCUT2D eigenvalue weighted by Crippen LogP contribution is 2.30. The van der Waals surface area contributed by atoms with Gasteiger partial charge in [0.2, 0.25) is 5.89 Å². The number of hydrogen-bond acceptors (Lipinski definition) is 4. The van der Waals surface area contributed by atoms with Crippen molar-refractivity contribution < 1.29 is 4.52 Å². The molecule has 3 rings (SSSR count). The van der Waals surface area contributed by atoms with E-state index in [9.17, 15) is 0 Å². The van der Waals surface area contributed by atoms with Crippen molar-refractivity contribution in [2.24, 2.45) is 0 Å². The minimum Gasteiger partial charge on any atom is -0.339 e. The normalized spacial score (nSPS) is 21.9. The second kappa shape index (κ2) is 5.17. The van der Waals surface area contributed by atoms with Crippen LogP contribution in [-0.2, 0) is 6.42 Å². The van der Waals surface area contributed by atoms with E-state index < -0.39 is 0 Å². The molecule has 17 heavy (non-hydrogen) atoms. The van der Waals surface area contributed by atoms with Crippen molar-refractivity contribution in [3.8, 4) is 0 Å². The summed E-state index contributed by atoms with van der Waals surface area (Å²) in [7, 11) is 0. The van der Waals surface area contributed by atoms with Crippen LogP contribution in [0.4, 0.5) is 0 Å². The predicted molar refractivity (Wildman–Crippen MR) is 64.9 cm³/mol. The molecule has 2 aliphatic rings. The fourth-order valence-electron chi connectivity index (χ4n) is 2.57. The lowest BCUT2D eigenvalue weighted by Gasteiger charge is -2.17. The highest BCUT2D eigenvalue weighted by atomic mass is 16.5. The maximum Gasteiger partial charge on any atom is 0.227 e. The van der Waals surface area contributed by atoms with Gasteiger partial charge in [0.05, 0.1) is 0 Å². The quantitative estimate of drug-likeness (QED) is 0.851. The van der Waals surface area contributed by atoms with E-state index in [1.165, 1.54) is 44.9 Å². The minimum absolute atomic E-state index is 0.553. The highest BCUT2D eigenvalue weighted by Gasteiger charge is 2.22. The van der Waals surface area contributed by atoms with Crippen LogP contribution in [0, 0.1) is 0 Å². The molecule has 1 aromatic rings. The predicted octanol–water partition coefficient (Wildman–Crippen LogP) is 2.41. The smallest absolute Gasteiger partial charge is 0.227 e. The molecule has 0 amide bonds. The van der Waals surface area contributed by atoms with Gasteiger partial charge < -0.3 is 9.84 Å². The zero-order chi connectivity index (χ0) is 11.5. The Bertz CT molecular complexity index is 353. The van der Waals surface area contributed by atoms with Crippen molar-refractivity contribution >= 4 is 0 Å². The second-order valence-electron chi connectivity index (χ2n) is 5.36. The fraction of sp³-hybridized carbons (Fsp3) is 0.846. The Morgan fingerprint density at radius 3 is 2.71 bits per heavy atom. The third-order valence-corrected chi connectivity index (χ3v) is 3.80. The molecule has 0 radical (unpaired) electrons. The lowest BCUT2D eigenvalue weighted by atomic mass is 9.89. The second-order valence-corrected chi connectivity index (χ2v) is 5.36. The average Bonchev–Trinajstić information content (AvgIpc) is 3.07. The van der Waals surface area contributed by atoms with E-state index in [-0.39, 0.29) is 0 Å². The first-order chi connectivity index (χ1) is 8.42. The van der Waals surface area contributed by atoms with Gasteiger partial charge in [-0.25, -0.2) is 0 Å². The Morgan fingerprint density at radius 2 is 1.94 bits per heavy atom. The first-order valence-corrected chi connectivity index (χ1v) is 6.97. The molecule has 0 aromatic carbocycles. The van der Waals surface area contributed by atoms with Gasteiger partial charge in [-0.3, -0.25) is 0 Å². The van der Waals surface area contributed by atoms with Gasteiger partial charge in [0, 0.05) is 24.9 Å². The van der Waals surface area contributed by atoms with Crippen LogP contribution in [0.1, 0.15) is 62.6 Å². The molecule has 0 aliphatic heterocycles. The molecule has 0 bridgehead atoms. The van der Waals surface area contributed by atoms with Crippen LogP contribution in [0.25, 0.3) is 0 Å². The average molecular weight is 235 g/mol. The summed E-state index contributed by atoms with van der Waals surface area (Å²) < 4.78 is 5.32. The molecule has 0 saturated heterocycles. The van der Waals surface area contributed by atoms with Gasteiger partial charge in [0.15, 0.2) is 5.82 Å². The number of aromatic nitrogens is 2. The van der Waals surface area contributed by atoms with Crippen LogP contribution in [0.5, 0.6) is 0 Å². The zero-order valence-corrected chi connectivity index (χ0v) is 10.3. The molecule has 1 aromatic heterocycles. The maximum atomic E-state index is 5.32. The van der Waals surface area contributed by atoms with Crippen LogP contribution in [-0.4, -0.2) is 22.7 Å². The molecular weight excluding hydrogens is 214 g/mol. The Kier molecular flexibility index (Phi) is 3.41. The molecule has 4 nitrogen and oxygen atoms in total. The molecule has 1 N–H and O–H groups in total. The first kappa shape index (κ1) is 11.2. The summed E-state index contributed by atoms with van der Waals surface area (Å²) in [6, 6.07) is 0.760. The lowest BCUT2D eigenvalue weighted by Crippen LogP contribution is -2.19. The zero-order valence-electron chi connectivity index (χ0n) is 10.3. The van der Waals surface area contributed by atoms with Crippen molar-refractivity contribution in [1.29, 1.82) is 0 Å². The van der Waals surface area contributed by atoms with Crippen molar-refractivity contribution in [3.63, 3.8) is 0 Å². The summed E-state index contributed by atoms with van der Waals surface area (Å²) in [6.07, 6.45) is 10.0. The molecule has 0 atom stereocenters. The van der Waals surface area contributed by atoms with Crippen molar-refractivity contribution in [2.75, 3.05) is 6.54 Å². The Labute approximate surface area is 102 Å². The van der Waals surface area contributed by atoms with Crippen molar-refractivity contribution in [3.05, 3.63) is 11.7 Å². The summed E-state index contributed by atoms with van der Waals surface area (Å²) in [5, 5.41) is 7.61. The highest BCUT2D eigenvalue weighted by molar-refractivity contribution is 4.97. The summed E-state index contributed by atoms with van der Waals surface area (Å²) in [5.41, 5.74) is 0. The third-order valence-electron chi connectivity index (χ3n) is 3.80. The van der Waals surface area contributed by atoms with Crippen LogP contribution in [0.2, 0.25) is 0 Å². The van der Waals surface area contributed by atoms with Gasteiger partial charge in [-0.15, -0.1) is 0 Å². The Morgan fingerprint density at radius 1 is 1.12 bits per heavy atom. The number of rotatable bonds is 5. The molecule has 94 valence electrons. The van der Waals surface area contributed by atoms with Gasteiger partial charge in [0.1, 0.15) is 0 Å². The van der Waals surface area contributed by atoms with Crippen LogP contribution in [0.3, 0.4) is 0 Å². The van der Waals surface area contributed by atoms with E-state index >= 15 is 0 Å². The number of nitrogens with zero attached hydrogens (tertiary/aromatic N) is 2. The molecule has 0 unspecified atom stereocenters. The SMILES string of the molecule is C1CCC(c2noc(CCNC3CC3)n2)CC1. The van der Waals surface area contributed by atoms with E-state index in [0.717, 1.165) is 30.7 Å². The topological polar surface area (TPSA) is 51.0 Å². The van der Waals surface area contributed by atoms with Crippen LogP contribution < -0.4 is 5.32 Å². The first-order valence-electron chi connectivity index (χ1n) is 6.97. The van der Waals surface area contributed by atoms with Crippen LogP contribution in [0.15, 0.2) is 4.52 Å². The van der Waals surface area contributed by atoms with E-state index in [0.29, 0.717) is 5.92 Å². The molecule has 1 heterocycles. The Hall–Kier alpha value is -0.900. The minimum atomic E-state index is 0.553. The molecule has 0 spiro atoms. The third kappa shape index (κ3) is 3.06. The van der Waals surface area contributed by atoms with Gasteiger partial charge in [0.25, 0.3) is 0 Å². The van der Waals surface area contributed by atoms with Gasteiger partial charge >= 0.3 is 0 Å². The van der Waals surface area contributed by atoms with Crippen LogP contribution >= 0.6 is 0 Å². The maximum absolute atomic E-state index is 5.32. The molecule has 2 fully saturated rings. The van der Waals surface area contributed by atoms with E-state index in [1.807, 2.05) is 0 Å². The summed E-state index contributed by atoms with van der Waals surface area (Å²) in [4.78, 5) is 4.53. The standard InChI is InChI=1S/C13H21N3O/c1-2-4-10(5-3-1)13-15-12(17-16-13)8-9-14-11-6-7-11/h10-11,14H,1-9H2. The largest absolute Gasteiger partial charge is 0.339 e. The summed E-state index contributed by atoms with van der Waals surface area (Å²) >= 11 is 0. The number of hydrogen-bond donors (Lipinski definition) is 1. The summed E-state index contributed by atoms with van der Waals surface area (Å²) in [5.74, 6) is 2.31. The van der Waals surface area contributed by atoms with Gasteiger partial charge in [-0.2, -0.15) is 4.98 Å². The summed E-state index contributed by atoms with van der Waals surface area (Å²) in [6.45, 7) is 0.969. The molecule has 4 heteroatoms. The molecule has 2 aliphatic carbocycles. The van der Waals surface area contributed by atoms with Gasteiger partial charge in [-0.1, -0.05) is 24.4 Å². The van der Waals surface area contributed by atoms with Crippen molar-refractivity contribution in [1.82, 2.24) is 15.5 Å². The van der Waals surface area contributed by atoms with E-state index in [1.54, 1.807) is 0 Å². The Balaban J connectivity index is 1.49. The van der Waals surface area contributed by atoms with E-state index in [4.69, 9.17) is 4.52 Å². The molecule has 2 saturated carbocycles. The van der Waals surface area contributed by atoms with E-state index in [2.05, 4.69) is 15.5 Å². The van der Waals surface area contributed by atoms with Crippen molar-refractivity contribution in [2.45, 2.75) is 63.3 Å². The molecular formula is C13H21N3O.